The van der Waals surface area contributed by atoms with Crippen LogP contribution in [0, 0.1) is 0 Å². The molecule has 2 heteroatoms. The van der Waals surface area contributed by atoms with E-state index in [-0.39, 0.29) is 5.54 Å². The first kappa shape index (κ1) is 13.9. The summed E-state index contributed by atoms with van der Waals surface area (Å²) < 4.78 is 0. The molecule has 0 aliphatic heterocycles. The van der Waals surface area contributed by atoms with E-state index in [0.29, 0.717) is 0 Å². The van der Waals surface area contributed by atoms with Gasteiger partial charge in [-0.2, -0.15) is 0 Å². The summed E-state index contributed by atoms with van der Waals surface area (Å²) in [5, 5.41) is 4.77. The Morgan fingerprint density at radius 1 is 1.57 bits per heavy atom. The second-order valence-electron chi connectivity index (χ2n) is 3.98. The SMILES string of the molecule is C=CC/C(P)=C(\C)C(C)(CCC)NC. The highest BCUT2D eigenvalue weighted by Crippen LogP contribution is 2.29. The molecule has 0 saturated carbocycles. The largest absolute Gasteiger partial charge is 0.311 e. The van der Waals surface area contributed by atoms with Gasteiger partial charge in [-0.05, 0) is 39.1 Å². The highest BCUT2D eigenvalue weighted by atomic mass is 31.0. The second-order valence-corrected chi connectivity index (χ2v) is 4.67. The van der Waals surface area contributed by atoms with Crippen molar-refractivity contribution < 1.29 is 0 Å². The van der Waals surface area contributed by atoms with Crippen molar-refractivity contribution in [3.8, 4) is 0 Å². The van der Waals surface area contributed by atoms with Gasteiger partial charge in [0, 0.05) is 5.54 Å². The zero-order valence-corrected chi connectivity index (χ0v) is 11.1. The Kier molecular flexibility index (Phi) is 6.31. The Hall–Kier alpha value is -0.130. The summed E-state index contributed by atoms with van der Waals surface area (Å²) in [6.07, 6.45) is 5.27. The zero-order chi connectivity index (χ0) is 11.2. The number of hydrogen-bond donors (Lipinski definition) is 1. The summed E-state index contributed by atoms with van der Waals surface area (Å²) in [4.78, 5) is 0. The van der Waals surface area contributed by atoms with E-state index in [2.05, 4.69) is 41.9 Å². The fourth-order valence-electron chi connectivity index (χ4n) is 1.66. The third-order valence-electron chi connectivity index (χ3n) is 2.98. The van der Waals surface area contributed by atoms with Crippen molar-refractivity contribution >= 4 is 9.24 Å². The van der Waals surface area contributed by atoms with Crippen LogP contribution in [0.3, 0.4) is 0 Å². The topological polar surface area (TPSA) is 12.0 Å². The molecule has 0 amide bonds. The van der Waals surface area contributed by atoms with Gasteiger partial charge in [-0.1, -0.05) is 25.0 Å². The summed E-state index contributed by atoms with van der Waals surface area (Å²) in [5.74, 6) is 0. The van der Waals surface area contributed by atoms with Gasteiger partial charge in [0.2, 0.25) is 0 Å². The van der Waals surface area contributed by atoms with Crippen molar-refractivity contribution in [2.45, 2.75) is 45.6 Å². The van der Waals surface area contributed by atoms with Crippen LogP contribution in [0.4, 0.5) is 0 Å². The van der Waals surface area contributed by atoms with Gasteiger partial charge in [0.15, 0.2) is 0 Å². The fraction of sp³-hybridized carbons (Fsp3) is 0.667. The van der Waals surface area contributed by atoms with Crippen LogP contribution in [0.5, 0.6) is 0 Å². The number of allylic oxidation sites excluding steroid dienone is 2. The van der Waals surface area contributed by atoms with Crippen LogP contribution in [0.2, 0.25) is 0 Å². The number of nitrogens with one attached hydrogen (secondary N) is 1. The maximum atomic E-state index is 3.77. The van der Waals surface area contributed by atoms with Crippen LogP contribution in [0.15, 0.2) is 23.5 Å². The minimum absolute atomic E-state index is 0.134. The lowest BCUT2D eigenvalue weighted by Gasteiger charge is -2.31. The van der Waals surface area contributed by atoms with Gasteiger partial charge in [-0.3, -0.25) is 0 Å². The van der Waals surface area contributed by atoms with Gasteiger partial charge in [0.05, 0.1) is 0 Å². The molecule has 0 saturated heterocycles. The molecule has 14 heavy (non-hydrogen) atoms. The first-order valence-corrected chi connectivity index (χ1v) is 5.85. The molecular formula is C12H24NP. The average molecular weight is 213 g/mol. The maximum Gasteiger partial charge on any atom is 0.0365 e. The first-order chi connectivity index (χ1) is 6.51. The summed E-state index contributed by atoms with van der Waals surface area (Å²) in [6, 6.07) is 0. The Balaban J connectivity index is 4.82. The molecule has 1 N–H and O–H groups in total. The Bertz CT molecular complexity index is 220. The number of likely N-dealkylation sites (N-methyl/N-ethyl adjacent to an activating group) is 1. The van der Waals surface area contributed by atoms with Crippen molar-refractivity contribution in [3.63, 3.8) is 0 Å². The molecule has 0 rings (SSSR count). The monoisotopic (exact) mass is 213 g/mol. The van der Waals surface area contributed by atoms with E-state index in [9.17, 15) is 0 Å². The van der Waals surface area contributed by atoms with Crippen LogP contribution in [0.25, 0.3) is 0 Å². The maximum absolute atomic E-state index is 3.77. The van der Waals surface area contributed by atoms with Gasteiger partial charge in [0.25, 0.3) is 0 Å². The first-order valence-electron chi connectivity index (χ1n) is 5.27. The fourth-order valence-corrected chi connectivity index (χ4v) is 2.15. The van der Waals surface area contributed by atoms with Crippen molar-refractivity contribution in [2.75, 3.05) is 7.05 Å². The lowest BCUT2D eigenvalue weighted by atomic mass is 9.87. The Morgan fingerprint density at radius 3 is 2.50 bits per heavy atom. The standard InChI is InChI=1S/C12H24NP/c1-6-8-11(14)10(3)12(4,13-5)9-7-2/h6,13H,1,7-9,14H2,2-5H3/b11-10-. The van der Waals surface area contributed by atoms with Crippen molar-refractivity contribution in [1.29, 1.82) is 0 Å². The lowest BCUT2D eigenvalue weighted by Crippen LogP contribution is -2.41. The van der Waals surface area contributed by atoms with Gasteiger partial charge in [0.1, 0.15) is 0 Å². The third kappa shape index (κ3) is 3.55. The molecule has 0 radical (unpaired) electrons. The molecule has 0 aromatic rings. The molecule has 2 unspecified atom stereocenters. The quantitative estimate of drug-likeness (QED) is 0.526. The molecule has 2 atom stereocenters. The summed E-state index contributed by atoms with van der Waals surface area (Å²) in [7, 11) is 4.86. The van der Waals surface area contributed by atoms with Gasteiger partial charge < -0.3 is 5.32 Å². The highest BCUT2D eigenvalue weighted by Gasteiger charge is 2.23. The van der Waals surface area contributed by atoms with E-state index < -0.39 is 0 Å². The molecule has 0 aliphatic carbocycles. The summed E-state index contributed by atoms with van der Waals surface area (Å²) in [6.45, 7) is 10.5. The summed E-state index contributed by atoms with van der Waals surface area (Å²) >= 11 is 0. The number of hydrogen-bond acceptors (Lipinski definition) is 1. The number of rotatable bonds is 6. The molecule has 0 aliphatic rings. The normalized spacial score (nSPS) is 17.2. The molecule has 0 aromatic carbocycles. The van der Waals surface area contributed by atoms with Gasteiger partial charge in [-0.25, -0.2) is 0 Å². The van der Waals surface area contributed by atoms with Crippen molar-refractivity contribution in [3.05, 3.63) is 23.5 Å². The molecule has 0 aromatic heterocycles. The highest BCUT2D eigenvalue weighted by molar-refractivity contribution is 7.22. The summed E-state index contributed by atoms with van der Waals surface area (Å²) in [5.41, 5.74) is 1.56. The Morgan fingerprint density at radius 2 is 2.14 bits per heavy atom. The van der Waals surface area contributed by atoms with Gasteiger partial charge >= 0.3 is 0 Å². The molecule has 0 bridgehead atoms. The minimum Gasteiger partial charge on any atom is -0.311 e. The van der Waals surface area contributed by atoms with E-state index in [4.69, 9.17) is 0 Å². The lowest BCUT2D eigenvalue weighted by molar-refractivity contribution is 0.412. The van der Waals surface area contributed by atoms with E-state index in [1.807, 2.05) is 13.1 Å². The van der Waals surface area contributed by atoms with Crippen LogP contribution < -0.4 is 5.32 Å². The molecule has 0 spiro atoms. The van der Waals surface area contributed by atoms with E-state index >= 15 is 0 Å². The van der Waals surface area contributed by atoms with Crippen molar-refractivity contribution in [1.82, 2.24) is 5.32 Å². The van der Waals surface area contributed by atoms with Crippen LogP contribution in [-0.4, -0.2) is 12.6 Å². The molecule has 0 heterocycles. The van der Waals surface area contributed by atoms with Gasteiger partial charge in [-0.15, -0.1) is 15.8 Å². The Labute approximate surface area is 91.3 Å². The smallest absolute Gasteiger partial charge is 0.0365 e. The van der Waals surface area contributed by atoms with Crippen LogP contribution in [0.1, 0.15) is 40.0 Å². The average Bonchev–Trinajstić information content (AvgIpc) is 2.17. The molecule has 1 nitrogen and oxygen atoms in total. The van der Waals surface area contributed by atoms with E-state index in [1.165, 1.54) is 23.7 Å². The van der Waals surface area contributed by atoms with E-state index in [0.717, 1.165) is 6.42 Å². The van der Waals surface area contributed by atoms with E-state index in [1.54, 1.807) is 0 Å². The predicted octanol–water partition coefficient (Wildman–Crippen LogP) is 3.49. The third-order valence-corrected chi connectivity index (χ3v) is 3.64. The van der Waals surface area contributed by atoms with Crippen LogP contribution in [-0.2, 0) is 0 Å². The molecular weight excluding hydrogens is 189 g/mol. The minimum atomic E-state index is 0.134. The molecule has 82 valence electrons. The second kappa shape index (κ2) is 6.37. The van der Waals surface area contributed by atoms with Crippen molar-refractivity contribution in [2.24, 2.45) is 0 Å². The zero-order valence-electron chi connectivity index (χ0n) is 9.98. The predicted molar refractivity (Wildman–Crippen MR) is 69.6 cm³/mol. The molecule has 0 fully saturated rings. The van der Waals surface area contributed by atoms with Crippen LogP contribution >= 0.6 is 9.24 Å².